The molecule has 1 fully saturated rings. The fourth-order valence-electron chi connectivity index (χ4n) is 5.81. The van der Waals surface area contributed by atoms with Gasteiger partial charge in [-0.2, -0.15) is 0 Å². The van der Waals surface area contributed by atoms with Crippen molar-refractivity contribution in [1.29, 1.82) is 0 Å². The Morgan fingerprint density at radius 2 is 1.92 bits per heavy atom. The summed E-state index contributed by atoms with van der Waals surface area (Å²) >= 11 is 0. The number of H-pyrrole nitrogens is 2. The first-order valence-electron chi connectivity index (χ1n) is 13.7. The number of anilines is 1. The summed E-state index contributed by atoms with van der Waals surface area (Å²) in [7, 11) is 0. The quantitative estimate of drug-likeness (QED) is 0.296. The van der Waals surface area contributed by atoms with Crippen molar-refractivity contribution in [2.24, 2.45) is 0 Å². The van der Waals surface area contributed by atoms with E-state index in [0.717, 1.165) is 30.6 Å². The fraction of sp³-hybridized carbons (Fsp3) is 0.367. The number of halogens is 1. The van der Waals surface area contributed by atoms with Gasteiger partial charge in [0.05, 0.1) is 16.7 Å². The van der Waals surface area contributed by atoms with Crippen molar-refractivity contribution >= 4 is 22.6 Å². The number of nitrogens with zero attached hydrogens (tertiary/aromatic N) is 3. The molecule has 3 N–H and O–H groups in total. The first kappa shape index (κ1) is 25.3. The average molecular weight is 529 g/mol. The number of hydrogen-bond donors (Lipinski definition) is 3. The van der Waals surface area contributed by atoms with Crippen LogP contribution in [0.5, 0.6) is 0 Å². The Morgan fingerprint density at radius 1 is 1.10 bits per heavy atom. The second kappa shape index (κ2) is 10.6. The number of hydrogen-bond acceptors (Lipinski definition) is 5. The van der Waals surface area contributed by atoms with E-state index in [9.17, 15) is 14.0 Å². The van der Waals surface area contributed by atoms with Crippen molar-refractivity contribution < 1.29 is 9.18 Å². The molecule has 4 heterocycles. The number of carbonyl (C=O) groups excluding carboxylic acids is 1. The second-order valence-electron chi connectivity index (χ2n) is 10.7. The largest absolute Gasteiger partial charge is 0.381 e. The average Bonchev–Trinajstić information content (AvgIpc) is 3.64. The monoisotopic (exact) mass is 528 g/mol. The number of rotatable bonds is 9. The van der Waals surface area contributed by atoms with E-state index in [1.165, 1.54) is 32.0 Å². The summed E-state index contributed by atoms with van der Waals surface area (Å²) in [6.45, 7) is 6.65. The zero-order valence-electron chi connectivity index (χ0n) is 22.1. The molecule has 0 spiro atoms. The number of pyridine rings is 1. The van der Waals surface area contributed by atoms with Crippen LogP contribution in [-0.2, 0) is 13.0 Å². The third kappa shape index (κ3) is 5.18. The summed E-state index contributed by atoms with van der Waals surface area (Å²) in [5.74, 6) is 0.216. The number of carbonyl (C=O) groups is 1. The number of nitrogens with one attached hydrogen (secondary N) is 3. The highest BCUT2D eigenvalue weighted by Crippen LogP contribution is 2.30. The van der Waals surface area contributed by atoms with E-state index in [1.54, 1.807) is 24.4 Å². The van der Waals surface area contributed by atoms with Crippen LogP contribution >= 0.6 is 0 Å². The van der Waals surface area contributed by atoms with Gasteiger partial charge in [-0.05, 0) is 87.6 Å². The van der Waals surface area contributed by atoms with Crippen molar-refractivity contribution in [3.05, 3.63) is 81.5 Å². The molecule has 1 saturated heterocycles. The summed E-state index contributed by atoms with van der Waals surface area (Å²) in [4.78, 5) is 41.2. The minimum Gasteiger partial charge on any atom is -0.381 e. The molecule has 4 aromatic rings. The van der Waals surface area contributed by atoms with E-state index in [-0.39, 0.29) is 23.3 Å². The number of imidazole rings is 1. The topological polar surface area (TPSA) is 97.1 Å². The third-order valence-corrected chi connectivity index (χ3v) is 7.77. The molecule has 1 unspecified atom stereocenters. The minimum atomic E-state index is -0.287. The van der Waals surface area contributed by atoms with Crippen LogP contribution in [0.2, 0.25) is 0 Å². The molecule has 0 bridgehead atoms. The van der Waals surface area contributed by atoms with Gasteiger partial charge >= 0.3 is 0 Å². The molecular formula is C30H33FN6O2. The lowest BCUT2D eigenvalue weighted by Crippen LogP contribution is -2.29. The van der Waals surface area contributed by atoms with E-state index in [2.05, 4.69) is 20.2 Å². The Bertz CT molecular complexity index is 1570. The summed E-state index contributed by atoms with van der Waals surface area (Å²) in [6, 6.07) is 12.2. The molecule has 1 amide bonds. The zero-order chi connectivity index (χ0) is 26.9. The smallest absolute Gasteiger partial charge is 0.261 e. The molecule has 0 radical (unpaired) electrons. The molecule has 6 rings (SSSR count). The summed E-state index contributed by atoms with van der Waals surface area (Å²) in [5, 5.41) is 3.36. The predicted octanol–water partition coefficient (Wildman–Crippen LogP) is 4.54. The Labute approximate surface area is 226 Å². The lowest BCUT2D eigenvalue weighted by molar-refractivity contribution is 0.0772. The van der Waals surface area contributed by atoms with Gasteiger partial charge in [0.25, 0.3) is 11.5 Å². The van der Waals surface area contributed by atoms with E-state index in [1.807, 2.05) is 30.0 Å². The highest BCUT2D eigenvalue weighted by atomic mass is 19.1. The molecule has 0 aliphatic carbocycles. The van der Waals surface area contributed by atoms with Crippen molar-refractivity contribution in [3.63, 3.8) is 0 Å². The number of fused-ring (bicyclic) bond motifs is 2. The third-order valence-electron chi connectivity index (χ3n) is 7.77. The van der Waals surface area contributed by atoms with Crippen LogP contribution in [0.4, 0.5) is 10.1 Å². The van der Waals surface area contributed by atoms with Crippen molar-refractivity contribution in [2.75, 3.05) is 31.5 Å². The van der Waals surface area contributed by atoms with E-state index >= 15 is 0 Å². The standard InChI is InChI=1S/C30H33FN6O2/c1-19(15-20-7-2-3-8-23(20)31)33-24-9-10-32-29(38)27(24)28-34-25-16-21-18-37(14-6-13-36-11-4-5-12-36)30(39)22(21)17-26(25)35-28/h2-3,7-10,16-17,19H,4-6,11-15,18H2,1H3,(H,34,35)(H2,32,33,38). The van der Waals surface area contributed by atoms with E-state index in [4.69, 9.17) is 4.98 Å². The van der Waals surface area contributed by atoms with Crippen molar-refractivity contribution in [3.8, 4) is 11.4 Å². The van der Waals surface area contributed by atoms with Crippen molar-refractivity contribution in [1.82, 2.24) is 24.8 Å². The SMILES string of the molecule is CC(Cc1ccccc1F)Nc1cc[nH]c(=O)c1-c1nc2cc3c(cc2[nH]1)CN(CCCN1CCCC1)C3=O. The molecule has 2 aliphatic heterocycles. The predicted molar refractivity (Wildman–Crippen MR) is 150 cm³/mol. The van der Waals surface area contributed by atoms with Crippen LogP contribution in [0.3, 0.4) is 0 Å². The number of likely N-dealkylation sites (tertiary alicyclic amines) is 1. The van der Waals surface area contributed by atoms with Gasteiger partial charge in [-0.25, -0.2) is 9.37 Å². The summed E-state index contributed by atoms with van der Waals surface area (Å²) in [6.07, 6.45) is 5.56. The van der Waals surface area contributed by atoms with Crippen LogP contribution in [0.25, 0.3) is 22.4 Å². The van der Waals surface area contributed by atoms with E-state index < -0.39 is 0 Å². The maximum Gasteiger partial charge on any atom is 0.261 e. The van der Waals surface area contributed by atoms with Gasteiger partial charge in [-0.15, -0.1) is 0 Å². The lowest BCUT2D eigenvalue weighted by Gasteiger charge is -2.19. The molecule has 8 nitrogen and oxygen atoms in total. The molecule has 1 atom stereocenters. The second-order valence-corrected chi connectivity index (χ2v) is 10.7. The molecule has 0 saturated carbocycles. The highest BCUT2D eigenvalue weighted by Gasteiger charge is 2.28. The van der Waals surface area contributed by atoms with Crippen LogP contribution < -0.4 is 10.9 Å². The van der Waals surface area contributed by atoms with Gasteiger partial charge in [-0.3, -0.25) is 9.59 Å². The number of aromatic amines is 2. The highest BCUT2D eigenvalue weighted by molar-refractivity contribution is 6.02. The molecule has 202 valence electrons. The van der Waals surface area contributed by atoms with E-state index in [0.29, 0.717) is 46.7 Å². The molecular weight excluding hydrogens is 495 g/mol. The van der Waals surface area contributed by atoms with Gasteiger partial charge in [0.15, 0.2) is 0 Å². The summed E-state index contributed by atoms with van der Waals surface area (Å²) in [5.41, 5.74) is 4.39. The van der Waals surface area contributed by atoms with Gasteiger partial charge in [0.1, 0.15) is 17.2 Å². The number of aromatic nitrogens is 3. The van der Waals surface area contributed by atoms with Gasteiger partial charge in [0, 0.05) is 30.9 Å². The zero-order valence-corrected chi connectivity index (χ0v) is 22.1. The van der Waals surface area contributed by atoms with Gasteiger partial charge in [0.2, 0.25) is 0 Å². The van der Waals surface area contributed by atoms with Crippen LogP contribution in [0.1, 0.15) is 47.7 Å². The fourth-order valence-corrected chi connectivity index (χ4v) is 5.81. The first-order valence-corrected chi connectivity index (χ1v) is 13.7. The molecule has 2 aromatic carbocycles. The molecule has 2 aromatic heterocycles. The minimum absolute atomic E-state index is 0.0414. The Balaban J connectivity index is 1.21. The van der Waals surface area contributed by atoms with Crippen LogP contribution in [0.15, 0.2) is 53.5 Å². The van der Waals surface area contributed by atoms with Gasteiger partial charge < -0.3 is 25.1 Å². The normalized spacial score (nSPS) is 16.3. The van der Waals surface area contributed by atoms with Crippen LogP contribution in [-0.4, -0.2) is 62.9 Å². The number of amides is 1. The van der Waals surface area contributed by atoms with Crippen LogP contribution in [0, 0.1) is 5.82 Å². The number of benzene rings is 2. The Hall–Kier alpha value is -3.98. The molecule has 39 heavy (non-hydrogen) atoms. The Morgan fingerprint density at radius 3 is 2.74 bits per heavy atom. The maximum atomic E-state index is 14.2. The Kier molecular flexibility index (Phi) is 6.91. The van der Waals surface area contributed by atoms with Gasteiger partial charge in [-0.1, -0.05) is 18.2 Å². The first-order chi connectivity index (χ1) is 19.0. The lowest BCUT2D eigenvalue weighted by atomic mass is 10.1. The molecule has 2 aliphatic rings. The molecule has 9 heteroatoms. The maximum absolute atomic E-state index is 14.2. The summed E-state index contributed by atoms with van der Waals surface area (Å²) < 4.78 is 14.2. The van der Waals surface area contributed by atoms with Crippen molar-refractivity contribution in [2.45, 2.75) is 45.2 Å².